The van der Waals surface area contributed by atoms with Gasteiger partial charge in [-0.05, 0) is 56.1 Å². The fraction of sp³-hybridized carbons (Fsp3) is 0.375. The smallest absolute Gasteiger partial charge is 0.224 e. The predicted molar refractivity (Wildman–Crippen MR) is 80.6 cm³/mol. The van der Waals surface area contributed by atoms with Crippen molar-refractivity contribution < 1.29 is 4.79 Å². The largest absolute Gasteiger partial charge is 0.325 e. The lowest BCUT2D eigenvalue weighted by molar-refractivity contribution is -0.117. The molecule has 1 aliphatic rings. The van der Waals surface area contributed by atoms with Crippen LogP contribution in [0.2, 0.25) is 0 Å². The standard InChI is InChI=1S/C16H19N3O/c20-16(10-12-4-2-8-17-11-12)19-15-7-1-6-14-13(15)5-3-9-18-14/h1,3,5-7,9,12,17H,2,4,8,10-11H2,(H,19,20). The molecule has 1 saturated heterocycles. The van der Waals surface area contributed by atoms with Crippen LogP contribution in [0.3, 0.4) is 0 Å². The summed E-state index contributed by atoms with van der Waals surface area (Å²) in [6.45, 7) is 2.03. The van der Waals surface area contributed by atoms with E-state index >= 15 is 0 Å². The first-order valence-corrected chi connectivity index (χ1v) is 7.17. The first-order chi connectivity index (χ1) is 9.83. The second-order valence-electron chi connectivity index (χ2n) is 5.34. The highest BCUT2D eigenvalue weighted by atomic mass is 16.1. The molecule has 1 aliphatic heterocycles. The van der Waals surface area contributed by atoms with E-state index in [2.05, 4.69) is 15.6 Å². The Morgan fingerprint density at radius 2 is 2.30 bits per heavy atom. The van der Waals surface area contributed by atoms with Crippen molar-refractivity contribution in [1.82, 2.24) is 10.3 Å². The number of anilines is 1. The fourth-order valence-electron chi connectivity index (χ4n) is 2.77. The zero-order valence-corrected chi connectivity index (χ0v) is 11.4. The molecule has 2 heterocycles. The van der Waals surface area contributed by atoms with E-state index in [1.54, 1.807) is 6.20 Å². The summed E-state index contributed by atoms with van der Waals surface area (Å²) in [4.78, 5) is 16.5. The number of hydrogen-bond acceptors (Lipinski definition) is 3. The number of rotatable bonds is 3. The summed E-state index contributed by atoms with van der Waals surface area (Å²) in [5.74, 6) is 0.548. The molecule has 20 heavy (non-hydrogen) atoms. The molecule has 4 heteroatoms. The highest BCUT2D eigenvalue weighted by molar-refractivity contribution is 6.00. The lowest BCUT2D eigenvalue weighted by atomic mass is 9.96. The Bertz CT molecular complexity index is 600. The second kappa shape index (κ2) is 6.01. The van der Waals surface area contributed by atoms with Crippen molar-refractivity contribution in [2.45, 2.75) is 19.3 Å². The molecule has 0 aliphatic carbocycles. The van der Waals surface area contributed by atoms with E-state index in [4.69, 9.17) is 0 Å². The van der Waals surface area contributed by atoms with Crippen molar-refractivity contribution >= 4 is 22.5 Å². The summed E-state index contributed by atoms with van der Waals surface area (Å²) in [6.07, 6.45) is 4.65. The Labute approximate surface area is 118 Å². The maximum absolute atomic E-state index is 12.2. The molecule has 1 unspecified atom stereocenters. The molecule has 2 N–H and O–H groups in total. The van der Waals surface area contributed by atoms with Crippen molar-refractivity contribution in [1.29, 1.82) is 0 Å². The molecule has 0 bridgehead atoms. The Hall–Kier alpha value is -1.94. The van der Waals surface area contributed by atoms with Crippen molar-refractivity contribution in [2.75, 3.05) is 18.4 Å². The third kappa shape index (κ3) is 2.96. The van der Waals surface area contributed by atoms with Gasteiger partial charge in [0.25, 0.3) is 0 Å². The van der Waals surface area contributed by atoms with Gasteiger partial charge < -0.3 is 10.6 Å². The van der Waals surface area contributed by atoms with Gasteiger partial charge in [-0.25, -0.2) is 0 Å². The Morgan fingerprint density at radius 1 is 1.35 bits per heavy atom. The third-order valence-electron chi connectivity index (χ3n) is 3.79. The van der Waals surface area contributed by atoms with E-state index < -0.39 is 0 Å². The minimum atomic E-state index is 0.0926. The topological polar surface area (TPSA) is 54.0 Å². The van der Waals surface area contributed by atoms with Crippen LogP contribution >= 0.6 is 0 Å². The van der Waals surface area contributed by atoms with Crippen molar-refractivity contribution in [2.24, 2.45) is 5.92 Å². The van der Waals surface area contributed by atoms with Gasteiger partial charge in [-0.2, -0.15) is 0 Å². The first kappa shape index (κ1) is 13.1. The Morgan fingerprint density at radius 3 is 3.15 bits per heavy atom. The summed E-state index contributed by atoms with van der Waals surface area (Å²) in [5.41, 5.74) is 1.76. The summed E-state index contributed by atoms with van der Waals surface area (Å²) >= 11 is 0. The highest BCUT2D eigenvalue weighted by Gasteiger charge is 2.17. The normalized spacial score (nSPS) is 18.9. The highest BCUT2D eigenvalue weighted by Crippen LogP contribution is 2.22. The van der Waals surface area contributed by atoms with Gasteiger partial charge in [-0.1, -0.05) is 6.07 Å². The van der Waals surface area contributed by atoms with E-state index in [1.807, 2.05) is 30.3 Å². The molecular weight excluding hydrogens is 250 g/mol. The van der Waals surface area contributed by atoms with Crippen LogP contribution in [0.4, 0.5) is 5.69 Å². The van der Waals surface area contributed by atoms with Crippen LogP contribution in [0.1, 0.15) is 19.3 Å². The van der Waals surface area contributed by atoms with Gasteiger partial charge in [0.05, 0.1) is 11.2 Å². The maximum atomic E-state index is 12.2. The molecule has 1 aromatic heterocycles. The van der Waals surface area contributed by atoms with Crippen LogP contribution in [0.25, 0.3) is 10.9 Å². The first-order valence-electron chi connectivity index (χ1n) is 7.17. The lowest BCUT2D eigenvalue weighted by Crippen LogP contribution is -2.32. The van der Waals surface area contributed by atoms with Gasteiger partial charge in [0.1, 0.15) is 0 Å². The van der Waals surface area contributed by atoms with Crippen LogP contribution in [-0.4, -0.2) is 24.0 Å². The third-order valence-corrected chi connectivity index (χ3v) is 3.79. The minimum Gasteiger partial charge on any atom is -0.325 e. The SMILES string of the molecule is O=C(CC1CCCNC1)Nc1cccc2ncccc12. The number of nitrogens with zero attached hydrogens (tertiary/aromatic N) is 1. The van der Waals surface area contributed by atoms with Crippen LogP contribution in [-0.2, 0) is 4.79 Å². The van der Waals surface area contributed by atoms with Crippen molar-refractivity contribution in [3.05, 3.63) is 36.5 Å². The Kier molecular flexibility index (Phi) is 3.92. The van der Waals surface area contributed by atoms with Crippen molar-refractivity contribution in [3.63, 3.8) is 0 Å². The van der Waals surface area contributed by atoms with E-state index in [0.717, 1.165) is 42.5 Å². The molecule has 1 aromatic carbocycles. The summed E-state index contributed by atoms with van der Waals surface area (Å²) in [7, 11) is 0. The number of amides is 1. The van der Waals surface area contributed by atoms with E-state index in [9.17, 15) is 4.79 Å². The molecule has 0 saturated carbocycles. The zero-order chi connectivity index (χ0) is 13.8. The van der Waals surface area contributed by atoms with Crippen LogP contribution < -0.4 is 10.6 Å². The molecule has 4 nitrogen and oxygen atoms in total. The number of piperidine rings is 1. The predicted octanol–water partition coefficient (Wildman–Crippen LogP) is 2.56. The molecule has 0 spiro atoms. The average molecular weight is 269 g/mol. The van der Waals surface area contributed by atoms with Crippen LogP contribution in [0.15, 0.2) is 36.5 Å². The average Bonchev–Trinajstić information content (AvgIpc) is 2.48. The van der Waals surface area contributed by atoms with Gasteiger partial charge in [0, 0.05) is 18.0 Å². The molecule has 3 rings (SSSR count). The number of hydrogen-bond donors (Lipinski definition) is 2. The van der Waals surface area contributed by atoms with Gasteiger partial charge in [0.15, 0.2) is 0 Å². The molecule has 1 fully saturated rings. The van der Waals surface area contributed by atoms with E-state index in [-0.39, 0.29) is 5.91 Å². The quantitative estimate of drug-likeness (QED) is 0.900. The lowest BCUT2D eigenvalue weighted by Gasteiger charge is -2.22. The minimum absolute atomic E-state index is 0.0926. The fourth-order valence-corrected chi connectivity index (χ4v) is 2.77. The molecule has 104 valence electrons. The summed E-state index contributed by atoms with van der Waals surface area (Å²) in [6, 6.07) is 9.69. The molecule has 0 radical (unpaired) electrons. The number of carbonyl (C=O) groups is 1. The summed E-state index contributed by atoms with van der Waals surface area (Å²) < 4.78 is 0. The monoisotopic (exact) mass is 269 g/mol. The molecular formula is C16H19N3O. The number of pyridine rings is 1. The zero-order valence-electron chi connectivity index (χ0n) is 11.4. The van der Waals surface area contributed by atoms with Gasteiger partial charge in [0.2, 0.25) is 5.91 Å². The van der Waals surface area contributed by atoms with Gasteiger partial charge in [-0.15, -0.1) is 0 Å². The number of benzene rings is 1. The number of carbonyl (C=O) groups excluding carboxylic acids is 1. The van der Waals surface area contributed by atoms with Gasteiger partial charge in [-0.3, -0.25) is 9.78 Å². The van der Waals surface area contributed by atoms with E-state index in [1.165, 1.54) is 0 Å². The van der Waals surface area contributed by atoms with Crippen LogP contribution in [0.5, 0.6) is 0 Å². The maximum Gasteiger partial charge on any atom is 0.224 e. The number of fused-ring (bicyclic) bond motifs is 1. The molecule has 1 amide bonds. The Balaban J connectivity index is 1.71. The van der Waals surface area contributed by atoms with Crippen molar-refractivity contribution in [3.8, 4) is 0 Å². The number of nitrogens with one attached hydrogen (secondary N) is 2. The van der Waals surface area contributed by atoms with Crippen LogP contribution in [0, 0.1) is 5.92 Å². The number of aromatic nitrogens is 1. The molecule has 1 atom stereocenters. The van der Waals surface area contributed by atoms with E-state index in [0.29, 0.717) is 12.3 Å². The molecule has 2 aromatic rings. The van der Waals surface area contributed by atoms with Gasteiger partial charge >= 0.3 is 0 Å². The second-order valence-corrected chi connectivity index (χ2v) is 5.34. The summed E-state index contributed by atoms with van der Waals surface area (Å²) in [5, 5.41) is 7.36.